The molecule has 0 saturated carbocycles. The molecule has 0 radical (unpaired) electrons. The number of carbonyl (C=O) groups excluding carboxylic acids is 1. The van der Waals surface area contributed by atoms with Gasteiger partial charge in [-0.05, 0) is 25.0 Å². The summed E-state index contributed by atoms with van der Waals surface area (Å²) in [6.07, 6.45) is 3.14. The number of hydrogen-bond acceptors (Lipinski definition) is 6. The number of nitrogens with zero attached hydrogens (tertiary/aromatic N) is 1. The fourth-order valence-electron chi connectivity index (χ4n) is 2.79. The van der Waals surface area contributed by atoms with Gasteiger partial charge in [-0.15, -0.1) is 0 Å². The first-order valence-electron chi connectivity index (χ1n) is 8.43. The monoisotopic (exact) mass is 386 g/mol. The van der Waals surface area contributed by atoms with E-state index in [2.05, 4.69) is 5.32 Å². The first-order valence-corrected chi connectivity index (χ1v) is 10.3. The number of carbonyl (C=O) groups is 1. The maximum absolute atomic E-state index is 12.2. The van der Waals surface area contributed by atoms with Gasteiger partial charge in [-0.25, -0.2) is 8.42 Å². The van der Waals surface area contributed by atoms with Crippen LogP contribution in [0.3, 0.4) is 0 Å². The van der Waals surface area contributed by atoms with E-state index in [9.17, 15) is 13.2 Å². The Morgan fingerprint density at radius 2 is 2.04 bits per heavy atom. The number of nitrogens with one attached hydrogen (secondary N) is 1. The lowest BCUT2D eigenvalue weighted by molar-refractivity contribution is -0.121. The fraction of sp³-hybridized carbons (Fsp3) is 0.588. The molecule has 1 aromatic carbocycles. The zero-order valence-corrected chi connectivity index (χ0v) is 16.2. The average molecular weight is 386 g/mol. The van der Waals surface area contributed by atoms with E-state index < -0.39 is 10.0 Å². The molecule has 1 amide bonds. The van der Waals surface area contributed by atoms with E-state index in [0.29, 0.717) is 23.7 Å². The number of hydrogen-bond donors (Lipinski definition) is 1. The quantitative estimate of drug-likeness (QED) is 0.684. The fourth-order valence-corrected chi connectivity index (χ4v) is 3.71. The van der Waals surface area contributed by atoms with Gasteiger partial charge in [-0.1, -0.05) is 0 Å². The summed E-state index contributed by atoms with van der Waals surface area (Å²) >= 11 is 0. The predicted octanol–water partition coefficient (Wildman–Crippen LogP) is 1.16. The van der Waals surface area contributed by atoms with E-state index in [1.165, 1.54) is 18.5 Å². The van der Waals surface area contributed by atoms with Gasteiger partial charge in [0.25, 0.3) is 0 Å². The summed E-state index contributed by atoms with van der Waals surface area (Å²) in [5.41, 5.74) is 0.414. The van der Waals surface area contributed by atoms with Gasteiger partial charge < -0.3 is 19.5 Å². The second-order valence-electron chi connectivity index (χ2n) is 6.06. The van der Waals surface area contributed by atoms with E-state index in [1.54, 1.807) is 18.2 Å². The summed E-state index contributed by atoms with van der Waals surface area (Å²) in [5, 5.41) is 2.79. The van der Waals surface area contributed by atoms with Crippen molar-refractivity contribution in [2.75, 3.05) is 44.5 Å². The molecule has 0 aromatic heterocycles. The summed E-state index contributed by atoms with van der Waals surface area (Å²) in [6, 6.07) is 4.82. The van der Waals surface area contributed by atoms with Crippen LogP contribution in [0.4, 0.5) is 5.69 Å². The summed E-state index contributed by atoms with van der Waals surface area (Å²) in [5.74, 6) is 0.704. The Balaban J connectivity index is 2.02. The predicted molar refractivity (Wildman–Crippen MR) is 98.3 cm³/mol. The van der Waals surface area contributed by atoms with Gasteiger partial charge in [0, 0.05) is 32.2 Å². The van der Waals surface area contributed by atoms with Crippen LogP contribution < -0.4 is 19.1 Å². The minimum absolute atomic E-state index is 0.0334. The van der Waals surface area contributed by atoms with Crippen LogP contribution in [-0.2, 0) is 19.6 Å². The highest BCUT2D eigenvalue weighted by atomic mass is 32.2. The normalized spacial score (nSPS) is 17.0. The minimum Gasteiger partial charge on any atom is -0.493 e. The Morgan fingerprint density at radius 3 is 2.62 bits per heavy atom. The van der Waals surface area contributed by atoms with Crippen molar-refractivity contribution in [3.63, 3.8) is 0 Å². The summed E-state index contributed by atoms with van der Waals surface area (Å²) in [7, 11) is -0.575. The van der Waals surface area contributed by atoms with Crippen LogP contribution in [0, 0.1) is 0 Å². The first kappa shape index (κ1) is 20.3. The van der Waals surface area contributed by atoms with Gasteiger partial charge in [-0.3, -0.25) is 9.10 Å². The van der Waals surface area contributed by atoms with E-state index >= 15 is 0 Å². The number of methoxy groups -OCH3 is 2. The van der Waals surface area contributed by atoms with Crippen molar-refractivity contribution in [1.82, 2.24) is 5.32 Å². The largest absolute Gasteiger partial charge is 0.493 e. The van der Waals surface area contributed by atoms with Crippen molar-refractivity contribution in [1.29, 1.82) is 0 Å². The number of amides is 1. The highest BCUT2D eigenvalue weighted by Crippen LogP contribution is 2.32. The molecule has 1 N–H and O–H groups in total. The van der Waals surface area contributed by atoms with Crippen LogP contribution >= 0.6 is 0 Å². The standard InChI is InChI=1S/C17H26N2O6S/c1-23-15-7-6-13(11-16(15)24-2)19(26(3,21)22)9-8-17(20)18-12-14-5-4-10-25-14/h6-7,11,14H,4-5,8-10,12H2,1-3H3,(H,18,20). The third-order valence-electron chi connectivity index (χ3n) is 4.15. The Labute approximate surface area is 154 Å². The minimum atomic E-state index is -3.56. The molecule has 1 fully saturated rings. The molecule has 1 saturated heterocycles. The molecule has 1 aromatic rings. The molecule has 0 bridgehead atoms. The van der Waals surface area contributed by atoms with Crippen molar-refractivity contribution in [3.8, 4) is 11.5 Å². The Kier molecular flexibility index (Phi) is 7.10. The Hall–Kier alpha value is -2.00. The molecule has 1 atom stereocenters. The summed E-state index contributed by atoms with van der Waals surface area (Å²) in [4.78, 5) is 12.1. The topological polar surface area (TPSA) is 94.2 Å². The first-order chi connectivity index (χ1) is 12.3. The zero-order valence-electron chi connectivity index (χ0n) is 15.4. The molecule has 1 aliphatic rings. The van der Waals surface area contributed by atoms with Crippen molar-refractivity contribution in [2.45, 2.75) is 25.4 Å². The van der Waals surface area contributed by atoms with E-state index in [-0.39, 0.29) is 25.0 Å². The van der Waals surface area contributed by atoms with Crippen molar-refractivity contribution < 1.29 is 27.4 Å². The lowest BCUT2D eigenvalue weighted by Gasteiger charge is -2.23. The SMILES string of the molecule is COc1ccc(N(CCC(=O)NCC2CCCO2)S(C)(=O)=O)cc1OC. The molecule has 1 aliphatic heterocycles. The third kappa shape index (κ3) is 5.50. The van der Waals surface area contributed by atoms with Crippen molar-refractivity contribution in [2.24, 2.45) is 0 Å². The van der Waals surface area contributed by atoms with E-state index in [0.717, 1.165) is 25.7 Å². The maximum atomic E-state index is 12.2. The molecule has 146 valence electrons. The second-order valence-corrected chi connectivity index (χ2v) is 7.97. The van der Waals surface area contributed by atoms with Crippen molar-refractivity contribution >= 4 is 21.6 Å². The van der Waals surface area contributed by atoms with Gasteiger partial charge in [0.1, 0.15) is 0 Å². The van der Waals surface area contributed by atoms with Gasteiger partial charge >= 0.3 is 0 Å². The van der Waals surface area contributed by atoms with Gasteiger partial charge in [0.05, 0.1) is 32.3 Å². The molecule has 26 heavy (non-hydrogen) atoms. The smallest absolute Gasteiger partial charge is 0.232 e. The Morgan fingerprint density at radius 1 is 1.31 bits per heavy atom. The molecular weight excluding hydrogens is 360 g/mol. The number of rotatable bonds is 9. The number of anilines is 1. The average Bonchev–Trinajstić information content (AvgIpc) is 3.12. The Bertz CT molecular complexity index is 716. The summed E-state index contributed by atoms with van der Waals surface area (Å²) in [6.45, 7) is 1.21. The second kappa shape index (κ2) is 9.09. The van der Waals surface area contributed by atoms with Crippen LogP contribution in [0.2, 0.25) is 0 Å². The number of ether oxygens (including phenoxy) is 3. The maximum Gasteiger partial charge on any atom is 0.232 e. The highest BCUT2D eigenvalue weighted by Gasteiger charge is 2.21. The number of benzene rings is 1. The number of sulfonamides is 1. The van der Waals surface area contributed by atoms with Crippen LogP contribution in [0.5, 0.6) is 11.5 Å². The van der Waals surface area contributed by atoms with Gasteiger partial charge in [0.15, 0.2) is 11.5 Å². The van der Waals surface area contributed by atoms with Crippen LogP contribution in [-0.4, -0.2) is 60.6 Å². The highest BCUT2D eigenvalue weighted by molar-refractivity contribution is 7.92. The molecule has 0 aliphatic carbocycles. The molecule has 0 spiro atoms. The zero-order chi connectivity index (χ0) is 19.2. The van der Waals surface area contributed by atoms with Crippen LogP contribution in [0.25, 0.3) is 0 Å². The molecule has 9 heteroatoms. The molecule has 2 rings (SSSR count). The lowest BCUT2D eigenvalue weighted by atomic mass is 10.2. The van der Waals surface area contributed by atoms with E-state index in [1.807, 2.05) is 0 Å². The molecule has 1 unspecified atom stereocenters. The molecule has 8 nitrogen and oxygen atoms in total. The molecular formula is C17H26N2O6S. The third-order valence-corrected chi connectivity index (χ3v) is 5.34. The molecule has 1 heterocycles. The van der Waals surface area contributed by atoms with E-state index in [4.69, 9.17) is 14.2 Å². The van der Waals surface area contributed by atoms with Crippen LogP contribution in [0.15, 0.2) is 18.2 Å². The van der Waals surface area contributed by atoms with Crippen LogP contribution in [0.1, 0.15) is 19.3 Å². The van der Waals surface area contributed by atoms with Gasteiger partial charge in [0.2, 0.25) is 15.9 Å². The lowest BCUT2D eigenvalue weighted by Crippen LogP contribution is -2.36. The van der Waals surface area contributed by atoms with Crippen molar-refractivity contribution in [3.05, 3.63) is 18.2 Å². The summed E-state index contributed by atoms with van der Waals surface area (Å²) < 4.78 is 41.4. The van der Waals surface area contributed by atoms with Gasteiger partial charge in [-0.2, -0.15) is 0 Å².